The Hall–Kier alpha value is -3.23. The lowest BCUT2D eigenvalue weighted by Crippen LogP contribution is -2.59. The highest BCUT2D eigenvalue weighted by atomic mass is 32.2. The van der Waals surface area contributed by atoms with Crippen LogP contribution in [0.3, 0.4) is 0 Å². The topological polar surface area (TPSA) is 127 Å². The van der Waals surface area contributed by atoms with Crippen molar-refractivity contribution < 1.29 is 23.1 Å². The normalized spacial score (nSPS) is 13.5. The summed E-state index contributed by atoms with van der Waals surface area (Å²) in [6.07, 6.45) is -0.631. The minimum absolute atomic E-state index is 0.100. The maximum atomic E-state index is 13.6. The molecule has 4 N–H and O–H groups in total. The molecule has 3 aromatic rings. The predicted molar refractivity (Wildman–Crippen MR) is 118 cm³/mol. The fourth-order valence-electron chi connectivity index (χ4n) is 3.40. The number of carbonyl (C=O) groups is 2. The number of rotatable bonds is 9. The number of benzene rings is 3. The SMILES string of the molecule is N[C@](CCC(=O)O)(C(=O)NCCc1ccccc1)S(=O)(=O)c1cccc2ccccc12. The third-order valence-electron chi connectivity index (χ3n) is 5.16. The predicted octanol–water partition coefficient (Wildman–Crippen LogP) is 2.49. The standard InChI is InChI=1S/C23H24N2O5S/c24-23(15-13-21(26)27,22(28)25-16-14-17-7-2-1-3-8-17)31(29,30)20-12-6-10-18-9-4-5-11-19(18)20/h1-12H,13-16,24H2,(H,25,28)(H,26,27)/t23-/m0/s1. The van der Waals surface area contributed by atoms with Crippen LogP contribution in [-0.2, 0) is 25.8 Å². The van der Waals surface area contributed by atoms with Gasteiger partial charge in [0, 0.05) is 18.4 Å². The average molecular weight is 441 g/mol. The van der Waals surface area contributed by atoms with E-state index in [1.165, 1.54) is 6.07 Å². The van der Waals surface area contributed by atoms with Crippen molar-refractivity contribution in [1.29, 1.82) is 0 Å². The zero-order chi connectivity index (χ0) is 22.5. The molecule has 0 radical (unpaired) electrons. The van der Waals surface area contributed by atoms with Crippen molar-refractivity contribution in [3.05, 3.63) is 78.4 Å². The number of carboxylic acids is 1. The second-order valence-corrected chi connectivity index (χ2v) is 9.43. The quantitative estimate of drug-likeness (QED) is 0.469. The first-order valence-corrected chi connectivity index (χ1v) is 11.3. The Kier molecular flexibility index (Phi) is 6.72. The van der Waals surface area contributed by atoms with Crippen LogP contribution in [0.25, 0.3) is 10.8 Å². The highest BCUT2D eigenvalue weighted by Crippen LogP contribution is 2.31. The van der Waals surface area contributed by atoms with Crippen LogP contribution < -0.4 is 11.1 Å². The Bertz CT molecular complexity index is 1190. The number of nitrogens with two attached hydrogens (primary N) is 1. The zero-order valence-electron chi connectivity index (χ0n) is 16.8. The molecular formula is C23H24N2O5S. The van der Waals surface area contributed by atoms with E-state index in [-0.39, 0.29) is 11.4 Å². The van der Waals surface area contributed by atoms with Gasteiger partial charge in [0.05, 0.1) is 4.90 Å². The van der Waals surface area contributed by atoms with Gasteiger partial charge in [0.25, 0.3) is 5.91 Å². The number of fused-ring (bicyclic) bond motifs is 1. The van der Waals surface area contributed by atoms with Crippen LogP contribution in [0.5, 0.6) is 0 Å². The van der Waals surface area contributed by atoms with Gasteiger partial charge in [0.1, 0.15) is 0 Å². The zero-order valence-corrected chi connectivity index (χ0v) is 17.6. The number of hydrogen-bond acceptors (Lipinski definition) is 5. The highest BCUT2D eigenvalue weighted by molar-refractivity contribution is 7.93. The second kappa shape index (κ2) is 9.28. The fourth-order valence-corrected chi connectivity index (χ4v) is 5.22. The maximum absolute atomic E-state index is 13.6. The summed E-state index contributed by atoms with van der Waals surface area (Å²) in [5, 5.41) is 12.8. The van der Waals surface area contributed by atoms with Gasteiger partial charge in [-0.05, 0) is 29.9 Å². The Morgan fingerprint density at radius 3 is 2.29 bits per heavy atom. The number of hydrogen-bond donors (Lipinski definition) is 3. The lowest BCUT2D eigenvalue weighted by Gasteiger charge is -2.28. The van der Waals surface area contributed by atoms with Crippen LogP contribution >= 0.6 is 0 Å². The van der Waals surface area contributed by atoms with Gasteiger partial charge in [-0.15, -0.1) is 0 Å². The molecule has 8 heteroatoms. The largest absolute Gasteiger partial charge is 0.481 e. The number of aliphatic carboxylic acids is 1. The van der Waals surface area contributed by atoms with Crippen molar-refractivity contribution in [3.63, 3.8) is 0 Å². The van der Waals surface area contributed by atoms with E-state index in [1.54, 1.807) is 36.4 Å². The van der Waals surface area contributed by atoms with E-state index < -0.39 is 39.4 Å². The van der Waals surface area contributed by atoms with E-state index >= 15 is 0 Å². The monoisotopic (exact) mass is 440 g/mol. The van der Waals surface area contributed by atoms with E-state index in [1.807, 2.05) is 30.3 Å². The molecule has 0 aromatic heterocycles. The molecule has 7 nitrogen and oxygen atoms in total. The lowest BCUT2D eigenvalue weighted by molar-refractivity contribution is -0.137. The summed E-state index contributed by atoms with van der Waals surface area (Å²) in [7, 11) is -4.41. The minimum atomic E-state index is -4.41. The van der Waals surface area contributed by atoms with Crippen molar-refractivity contribution in [2.45, 2.75) is 29.0 Å². The fraction of sp³-hybridized carbons (Fsp3) is 0.217. The summed E-state index contributed by atoms with van der Waals surface area (Å²) in [5.41, 5.74) is 7.17. The molecule has 0 aliphatic rings. The van der Waals surface area contributed by atoms with E-state index in [9.17, 15) is 18.0 Å². The number of carbonyl (C=O) groups excluding carboxylic acids is 1. The molecule has 0 aliphatic heterocycles. The van der Waals surface area contributed by atoms with Gasteiger partial charge in [-0.25, -0.2) is 8.42 Å². The van der Waals surface area contributed by atoms with Gasteiger partial charge < -0.3 is 16.2 Å². The number of carboxylic acid groups (broad SMARTS) is 1. The molecule has 3 aromatic carbocycles. The molecule has 0 fully saturated rings. The second-order valence-electron chi connectivity index (χ2n) is 7.26. The number of amides is 1. The highest BCUT2D eigenvalue weighted by Gasteiger charge is 2.48. The Labute approximate surface area is 180 Å². The van der Waals surface area contributed by atoms with Crippen LogP contribution in [0.15, 0.2) is 77.7 Å². The van der Waals surface area contributed by atoms with E-state index in [4.69, 9.17) is 10.8 Å². The molecule has 0 heterocycles. The summed E-state index contributed by atoms with van der Waals surface area (Å²) in [6.45, 7) is 0.167. The van der Waals surface area contributed by atoms with Crippen molar-refractivity contribution in [2.75, 3.05) is 6.54 Å². The van der Waals surface area contributed by atoms with Crippen LogP contribution in [0, 0.1) is 0 Å². The molecule has 31 heavy (non-hydrogen) atoms. The Morgan fingerprint density at radius 2 is 1.58 bits per heavy atom. The van der Waals surface area contributed by atoms with Crippen molar-refractivity contribution in [1.82, 2.24) is 5.32 Å². The van der Waals surface area contributed by atoms with Crippen LogP contribution in [0.4, 0.5) is 0 Å². The lowest BCUT2D eigenvalue weighted by atomic mass is 10.1. The molecule has 0 saturated carbocycles. The van der Waals surface area contributed by atoms with Gasteiger partial charge in [-0.3, -0.25) is 9.59 Å². The first-order valence-electron chi connectivity index (χ1n) is 9.81. The van der Waals surface area contributed by atoms with Crippen LogP contribution in [0.1, 0.15) is 18.4 Å². The Morgan fingerprint density at radius 1 is 0.935 bits per heavy atom. The van der Waals surface area contributed by atoms with E-state index in [0.717, 1.165) is 5.56 Å². The third kappa shape index (κ3) is 4.76. The summed E-state index contributed by atoms with van der Waals surface area (Å²) in [4.78, 5) is 21.7. The summed E-state index contributed by atoms with van der Waals surface area (Å²) < 4.78 is 27.2. The van der Waals surface area contributed by atoms with Gasteiger partial charge in [-0.1, -0.05) is 66.7 Å². The molecule has 0 aliphatic carbocycles. The van der Waals surface area contributed by atoms with Gasteiger partial charge in [-0.2, -0.15) is 0 Å². The maximum Gasteiger partial charge on any atom is 0.303 e. The van der Waals surface area contributed by atoms with Gasteiger partial charge in [0.2, 0.25) is 14.7 Å². The van der Waals surface area contributed by atoms with Gasteiger partial charge in [0.15, 0.2) is 0 Å². The first kappa shape index (κ1) is 22.5. The van der Waals surface area contributed by atoms with Gasteiger partial charge >= 0.3 is 5.97 Å². The van der Waals surface area contributed by atoms with Crippen molar-refractivity contribution in [2.24, 2.45) is 5.73 Å². The number of sulfone groups is 1. The minimum Gasteiger partial charge on any atom is -0.481 e. The summed E-state index contributed by atoms with van der Waals surface area (Å²) in [5.74, 6) is -2.15. The molecule has 3 rings (SSSR count). The molecule has 0 spiro atoms. The van der Waals surface area contributed by atoms with Crippen LogP contribution in [-0.4, -0.2) is 36.8 Å². The molecule has 1 atom stereocenters. The van der Waals surface area contributed by atoms with E-state index in [0.29, 0.717) is 17.2 Å². The Balaban J connectivity index is 1.94. The molecule has 0 bridgehead atoms. The molecule has 162 valence electrons. The first-order chi connectivity index (χ1) is 14.8. The van der Waals surface area contributed by atoms with E-state index in [2.05, 4.69) is 5.32 Å². The molecule has 1 amide bonds. The molecule has 0 saturated heterocycles. The third-order valence-corrected chi connectivity index (χ3v) is 7.44. The molecular weight excluding hydrogens is 416 g/mol. The smallest absolute Gasteiger partial charge is 0.303 e. The van der Waals surface area contributed by atoms with Crippen LogP contribution in [0.2, 0.25) is 0 Å². The summed E-state index contributed by atoms with van der Waals surface area (Å²) in [6, 6.07) is 20.9. The average Bonchev–Trinajstić information content (AvgIpc) is 2.77. The summed E-state index contributed by atoms with van der Waals surface area (Å²) >= 11 is 0. The van der Waals surface area contributed by atoms with Crippen molar-refractivity contribution in [3.8, 4) is 0 Å². The number of nitrogens with one attached hydrogen (secondary N) is 1. The molecule has 0 unspecified atom stereocenters. The van der Waals surface area contributed by atoms with Crippen molar-refractivity contribution >= 4 is 32.5 Å².